The van der Waals surface area contributed by atoms with E-state index in [-0.39, 0.29) is 11.8 Å². The van der Waals surface area contributed by atoms with E-state index in [1.807, 2.05) is 0 Å². The summed E-state index contributed by atoms with van der Waals surface area (Å²) in [4.78, 5) is 10.0. The molecule has 0 N–H and O–H groups in total. The summed E-state index contributed by atoms with van der Waals surface area (Å²) < 4.78 is 22.8. The summed E-state index contributed by atoms with van der Waals surface area (Å²) in [5.41, 5.74) is 0.727. The lowest BCUT2D eigenvalue weighted by Gasteiger charge is -2.15. The molecule has 1 aromatic rings. The molecule has 0 spiro atoms. The Kier molecular flexibility index (Phi) is 4.11. The molecule has 1 aromatic carbocycles. The molecule has 0 saturated carbocycles. The third kappa shape index (κ3) is 3.38. The van der Waals surface area contributed by atoms with Gasteiger partial charge in [-0.3, -0.25) is 14.7 Å². The van der Waals surface area contributed by atoms with Gasteiger partial charge in [0, 0.05) is 12.1 Å². The molecule has 98 valence electrons. The summed E-state index contributed by atoms with van der Waals surface area (Å²) in [5, 5.41) is 10.5. The van der Waals surface area contributed by atoms with Gasteiger partial charge in [-0.25, -0.2) is 0 Å². The van der Waals surface area contributed by atoms with Gasteiger partial charge in [-0.2, -0.15) is 0 Å². The highest BCUT2D eigenvalue weighted by atomic mass is 31.2. The number of nitro groups is 1. The number of non-ortho nitro benzene ring substituents is 1. The van der Waals surface area contributed by atoms with Gasteiger partial charge in [-0.05, 0) is 18.4 Å². The van der Waals surface area contributed by atoms with E-state index in [2.05, 4.69) is 0 Å². The van der Waals surface area contributed by atoms with Crippen LogP contribution in [0.4, 0.5) is 5.69 Å². The Balaban J connectivity index is 2.08. The van der Waals surface area contributed by atoms with E-state index in [0.717, 1.165) is 12.8 Å². The van der Waals surface area contributed by atoms with Crippen LogP contribution in [-0.2, 0) is 19.8 Å². The first-order chi connectivity index (χ1) is 8.59. The Morgan fingerprint density at radius 3 is 2.22 bits per heavy atom. The van der Waals surface area contributed by atoms with Gasteiger partial charge in [0.1, 0.15) is 0 Å². The Hall–Kier alpha value is -1.23. The predicted octanol–water partition coefficient (Wildman–Crippen LogP) is 3.11. The van der Waals surface area contributed by atoms with Crippen LogP contribution < -0.4 is 0 Å². The molecule has 1 aliphatic heterocycles. The molecule has 0 amide bonds. The minimum Gasteiger partial charge on any atom is -0.308 e. The van der Waals surface area contributed by atoms with Crippen molar-refractivity contribution in [3.63, 3.8) is 0 Å². The minimum atomic E-state index is -3.09. The van der Waals surface area contributed by atoms with Crippen molar-refractivity contribution in [1.82, 2.24) is 0 Å². The third-order valence-electron chi connectivity index (χ3n) is 2.64. The molecule has 1 saturated heterocycles. The van der Waals surface area contributed by atoms with Crippen LogP contribution in [0.2, 0.25) is 0 Å². The monoisotopic (exact) mass is 271 g/mol. The van der Waals surface area contributed by atoms with Crippen LogP contribution in [0.15, 0.2) is 24.3 Å². The molecule has 1 aliphatic rings. The number of nitrogens with zero attached hydrogens (tertiary/aromatic N) is 1. The molecule has 18 heavy (non-hydrogen) atoms. The molecule has 2 rings (SSSR count). The molecule has 7 heteroatoms. The second-order valence-electron chi connectivity index (χ2n) is 4.07. The molecule has 0 atom stereocenters. The summed E-state index contributed by atoms with van der Waals surface area (Å²) in [5.74, 6) is 0. The number of nitro benzene ring substituents is 1. The summed E-state index contributed by atoms with van der Waals surface area (Å²) >= 11 is 0. The Morgan fingerprint density at radius 2 is 1.72 bits per heavy atom. The van der Waals surface area contributed by atoms with Crippen molar-refractivity contribution in [3.8, 4) is 0 Å². The maximum Gasteiger partial charge on any atom is 0.335 e. The highest BCUT2D eigenvalue weighted by Gasteiger charge is 2.27. The lowest BCUT2D eigenvalue weighted by molar-refractivity contribution is -0.384. The topological polar surface area (TPSA) is 78.7 Å². The molecular weight excluding hydrogens is 257 g/mol. The fourth-order valence-corrected chi connectivity index (χ4v) is 3.42. The fraction of sp³-hybridized carbons (Fsp3) is 0.455. The molecular formula is C11H14NO5P. The lowest BCUT2D eigenvalue weighted by atomic mass is 10.2. The minimum absolute atomic E-state index is 0.0136. The third-order valence-corrected chi connectivity index (χ3v) is 4.54. The zero-order valence-corrected chi connectivity index (χ0v) is 10.7. The molecule has 6 nitrogen and oxygen atoms in total. The van der Waals surface area contributed by atoms with Gasteiger partial charge in [-0.1, -0.05) is 12.1 Å². The van der Waals surface area contributed by atoms with Crippen LogP contribution in [0.25, 0.3) is 0 Å². The Morgan fingerprint density at radius 1 is 1.17 bits per heavy atom. The first-order valence-electron chi connectivity index (χ1n) is 5.70. The van der Waals surface area contributed by atoms with Crippen LogP contribution in [0.3, 0.4) is 0 Å². The van der Waals surface area contributed by atoms with Crippen molar-refractivity contribution in [2.75, 3.05) is 13.2 Å². The molecule has 1 heterocycles. The van der Waals surface area contributed by atoms with Crippen molar-refractivity contribution in [2.45, 2.75) is 19.0 Å². The van der Waals surface area contributed by atoms with Crippen LogP contribution in [-0.4, -0.2) is 18.1 Å². The number of hydrogen-bond acceptors (Lipinski definition) is 5. The second kappa shape index (κ2) is 5.61. The summed E-state index contributed by atoms with van der Waals surface area (Å²) in [7, 11) is -3.09. The molecule has 0 bridgehead atoms. The molecule has 0 radical (unpaired) electrons. The van der Waals surface area contributed by atoms with E-state index in [4.69, 9.17) is 9.05 Å². The average molecular weight is 271 g/mol. The van der Waals surface area contributed by atoms with Crippen molar-refractivity contribution in [2.24, 2.45) is 0 Å². The second-order valence-corrected chi connectivity index (χ2v) is 6.12. The molecule has 0 aliphatic carbocycles. The van der Waals surface area contributed by atoms with Crippen LogP contribution in [0, 0.1) is 10.1 Å². The summed E-state index contributed by atoms with van der Waals surface area (Å²) in [6.45, 7) is 0.870. The van der Waals surface area contributed by atoms with Crippen LogP contribution in [0.1, 0.15) is 18.4 Å². The maximum absolute atomic E-state index is 12.3. The zero-order chi connectivity index (χ0) is 13.0. The lowest BCUT2D eigenvalue weighted by Crippen LogP contribution is -1.97. The Bertz CT molecular complexity index is 461. The van der Waals surface area contributed by atoms with Crippen molar-refractivity contribution < 1.29 is 18.5 Å². The highest BCUT2D eigenvalue weighted by molar-refractivity contribution is 7.53. The van der Waals surface area contributed by atoms with E-state index >= 15 is 0 Å². The van der Waals surface area contributed by atoms with Gasteiger partial charge < -0.3 is 9.05 Å². The van der Waals surface area contributed by atoms with Crippen LogP contribution in [0.5, 0.6) is 0 Å². The zero-order valence-electron chi connectivity index (χ0n) is 9.78. The van der Waals surface area contributed by atoms with Crippen molar-refractivity contribution in [3.05, 3.63) is 39.9 Å². The average Bonchev–Trinajstić information content (AvgIpc) is 2.55. The van der Waals surface area contributed by atoms with Gasteiger partial charge in [-0.15, -0.1) is 0 Å². The van der Waals surface area contributed by atoms with E-state index in [1.165, 1.54) is 12.1 Å². The van der Waals surface area contributed by atoms with E-state index in [1.54, 1.807) is 12.1 Å². The van der Waals surface area contributed by atoms with E-state index in [9.17, 15) is 14.7 Å². The quantitative estimate of drug-likeness (QED) is 0.479. The number of hydrogen-bond donors (Lipinski definition) is 0. The Labute approximate surface area is 105 Å². The SMILES string of the molecule is O=[N+]([O-])c1ccc(CP2(=O)OCCCCO2)cc1. The normalized spacial score (nSPS) is 19.1. The summed E-state index contributed by atoms with van der Waals surface area (Å²) in [6, 6.07) is 5.93. The first-order valence-corrected chi connectivity index (χ1v) is 7.43. The van der Waals surface area contributed by atoms with Crippen LogP contribution >= 0.6 is 7.60 Å². The van der Waals surface area contributed by atoms with E-state index in [0.29, 0.717) is 18.8 Å². The van der Waals surface area contributed by atoms with Crippen molar-refractivity contribution >= 4 is 13.3 Å². The first kappa shape index (κ1) is 13.2. The molecule has 0 aromatic heterocycles. The maximum atomic E-state index is 12.3. The largest absolute Gasteiger partial charge is 0.335 e. The van der Waals surface area contributed by atoms with E-state index < -0.39 is 12.5 Å². The number of rotatable bonds is 3. The molecule has 1 fully saturated rings. The fourth-order valence-electron chi connectivity index (χ4n) is 1.69. The van der Waals surface area contributed by atoms with Gasteiger partial charge in [0.15, 0.2) is 0 Å². The highest BCUT2D eigenvalue weighted by Crippen LogP contribution is 2.52. The van der Waals surface area contributed by atoms with Crippen molar-refractivity contribution in [1.29, 1.82) is 0 Å². The summed E-state index contributed by atoms with van der Waals surface area (Å²) in [6.07, 6.45) is 1.83. The van der Waals surface area contributed by atoms with Gasteiger partial charge in [0.2, 0.25) is 0 Å². The van der Waals surface area contributed by atoms with Gasteiger partial charge >= 0.3 is 7.60 Å². The van der Waals surface area contributed by atoms with Gasteiger partial charge in [0.05, 0.1) is 24.3 Å². The standard InChI is InChI=1S/C11H14NO5P/c13-12(14)11-5-3-10(4-6-11)9-18(15)16-7-1-2-8-17-18/h3-6H,1-2,7-9H2. The smallest absolute Gasteiger partial charge is 0.308 e. The molecule has 0 unspecified atom stereocenters. The number of benzene rings is 1. The van der Waals surface area contributed by atoms with Gasteiger partial charge in [0.25, 0.3) is 5.69 Å². The predicted molar refractivity (Wildman–Crippen MR) is 65.5 cm³/mol.